The van der Waals surface area contributed by atoms with Gasteiger partial charge in [0.1, 0.15) is 5.82 Å². The van der Waals surface area contributed by atoms with Gasteiger partial charge in [0.25, 0.3) is 0 Å². The number of allylic oxidation sites excluding steroid dienone is 1. The molecule has 0 amide bonds. The summed E-state index contributed by atoms with van der Waals surface area (Å²) < 4.78 is 13.5. The van der Waals surface area contributed by atoms with Crippen molar-refractivity contribution < 1.29 is 4.39 Å². The summed E-state index contributed by atoms with van der Waals surface area (Å²) in [7, 11) is 0. The summed E-state index contributed by atoms with van der Waals surface area (Å²) in [6.45, 7) is 1.91. The third-order valence-corrected chi connectivity index (χ3v) is 2.63. The molecule has 0 saturated carbocycles. The number of hydrogen-bond acceptors (Lipinski definition) is 0. The van der Waals surface area contributed by atoms with Crippen LogP contribution in [0.5, 0.6) is 0 Å². The van der Waals surface area contributed by atoms with Gasteiger partial charge in [0.2, 0.25) is 0 Å². The molecule has 0 N–H and O–H groups in total. The van der Waals surface area contributed by atoms with Gasteiger partial charge in [0.05, 0.1) is 4.47 Å². The van der Waals surface area contributed by atoms with Crippen LogP contribution in [0, 0.1) is 5.82 Å². The first kappa shape index (κ1) is 10.7. The lowest BCUT2D eigenvalue weighted by molar-refractivity contribution is 0.621. The van der Waals surface area contributed by atoms with Crippen molar-refractivity contribution in [1.82, 2.24) is 0 Å². The van der Waals surface area contributed by atoms with Gasteiger partial charge >= 0.3 is 0 Å². The maximum absolute atomic E-state index is 13.0. The van der Waals surface area contributed by atoms with Gasteiger partial charge < -0.3 is 0 Å². The summed E-state index contributed by atoms with van der Waals surface area (Å²) in [6.07, 6.45) is 1.86. The van der Waals surface area contributed by atoms with Crippen LogP contribution in [0.15, 0.2) is 28.2 Å². The van der Waals surface area contributed by atoms with E-state index in [9.17, 15) is 4.39 Å². The summed E-state index contributed by atoms with van der Waals surface area (Å²) >= 11 is 8.69. The second-order valence-electron chi connectivity index (χ2n) is 2.80. The van der Waals surface area contributed by atoms with Crippen molar-refractivity contribution in [2.75, 3.05) is 5.88 Å². The molecular formula is C10H9BrClF. The lowest BCUT2D eigenvalue weighted by Gasteiger charge is -1.98. The van der Waals surface area contributed by atoms with E-state index in [1.165, 1.54) is 6.07 Å². The summed E-state index contributed by atoms with van der Waals surface area (Å²) in [4.78, 5) is 0. The van der Waals surface area contributed by atoms with E-state index in [0.717, 1.165) is 11.1 Å². The molecule has 0 unspecified atom stereocenters. The maximum Gasteiger partial charge on any atom is 0.137 e. The second-order valence-corrected chi connectivity index (χ2v) is 3.92. The van der Waals surface area contributed by atoms with E-state index in [1.54, 1.807) is 6.07 Å². The van der Waals surface area contributed by atoms with Gasteiger partial charge in [0, 0.05) is 5.88 Å². The highest BCUT2D eigenvalue weighted by Crippen LogP contribution is 2.18. The zero-order valence-corrected chi connectivity index (χ0v) is 9.49. The molecule has 0 aliphatic heterocycles. The summed E-state index contributed by atoms with van der Waals surface area (Å²) in [6, 6.07) is 4.99. The Bertz CT molecular complexity index is 334. The summed E-state index contributed by atoms with van der Waals surface area (Å²) in [5, 5.41) is 0. The molecule has 3 heteroatoms. The van der Waals surface area contributed by atoms with Crippen LogP contribution in [0.2, 0.25) is 0 Å². The maximum atomic E-state index is 13.0. The van der Waals surface area contributed by atoms with Crippen LogP contribution in [0.4, 0.5) is 4.39 Å². The molecule has 1 aromatic rings. The molecule has 0 aliphatic rings. The van der Waals surface area contributed by atoms with Gasteiger partial charge in [-0.3, -0.25) is 0 Å². The first-order chi connectivity index (χ1) is 6.13. The second kappa shape index (κ2) is 4.77. The molecule has 0 fully saturated rings. The number of halogens is 3. The molecule has 0 bridgehead atoms. The molecule has 70 valence electrons. The average Bonchev–Trinajstić information content (AvgIpc) is 2.11. The van der Waals surface area contributed by atoms with E-state index >= 15 is 0 Å². The minimum absolute atomic E-state index is 0.254. The SMILES string of the molecule is C/C(=C/c1ccc(Br)c(F)c1)CCl. The van der Waals surface area contributed by atoms with Crippen molar-refractivity contribution in [3.05, 3.63) is 39.6 Å². The quantitative estimate of drug-likeness (QED) is 0.701. The van der Waals surface area contributed by atoms with Crippen LogP contribution in [0.25, 0.3) is 6.08 Å². The van der Waals surface area contributed by atoms with E-state index < -0.39 is 0 Å². The minimum atomic E-state index is -0.254. The van der Waals surface area contributed by atoms with Gasteiger partial charge in [-0.25, -0.2) is 4.39 Å². The van der Waals surface area contributed by atoms with Crippen LogP contribution in [-0.2, 0) is 0 Å². The van der Waals surface area contributed by atoms with E-state index in [2.05, 4.69) is 15.9 Å². The Morgan fingerprint density at radius 3 is 2.85 bits per heavy atom. The van der Waals surface area contributed by atoms with Crippen molar-refractivity contribution in [2.45, 2.75) is 6.92 Å². The van der Waals surface area contributed by atoms with Crippen LogP contribution >= 0.6 is 27.5 Å². The Labute approximate surface area is 90.5 Å². The van der Waals surface area contributed by atoms with Gasteiger partial charge in [-0.15, -0.1) is 11.6 Å². The smallest absolute Gasteiger partial charge is 0.137 e. The molecule has 13 heavy (non-hydrogen) atoms. The number of alkyl halides is 1. The van der Waals surface area contributed by atoms with Crippen molar-refractivity contribution in [2.24, 2.45) is 0 Å². The third kappa shape index (κ3) is 3.12. The largest absolute Gasteiger partial charge is 0.206 e. The van der Waals surface area contributed by atoms with Crippen LogP contribution in [0.1, 0.15) is 12.5 Å². The molecular weight excluding hydrogens is 254 g/mol. The Kier molecular flexibility index (Phi) is 3.94. The zero-order chi connectivity index (χ0) is 9.84. The highest BCUT2D eigenvalue weighted by molar-refractivity contribution is 9.10. The highest BCUT2D eigenvalue weighted by Gasteiger charge is 1.98. The molecule has 0 aromatic heterocycles. The van der Waals surface area contributed by atoms with E-state index in [1.807, 2.05) is 19.1 Å². The van der Waals surface area contributed by atoms with Crippen molar-refractivity contribution >= 4 is 33.6 Å². The fourth-order valence-corrected chi connectivity index (χ4v) is 1.25. The normalized spacial score (nSPS) is 11.8. The van der Waals surface area contributed by atoms with Crippen molar-refractivity contribution in [3.8, 4) is 0 Å². The number of hydrogen-bond donors (Lipinski definition) is 0. The van der Waals surface area contributed by atoms with Crippen molar-refractivity contribution in [1.29, 1.82) is 0 Å². The molecule has 0 radical (unpaired) electrons. The Balaban J connectivity index is 2.98. The summed E-state index contributed by atoms with van der Waals surface area (Å²) in [5.74, 6) is 0.216. The standard InChI is InChI=1S/C10H9BrClF/c1-7(6-12)4-8-2-3-9(11)10(13)5-8/h2-5H,6H2,1H3/b7-4-. The molecule has 0 spiro atoms. The van der Waals surface area contributed by atoms with E-state index in [-0.39, 0.29) is 5.82 Å². The Morgan fingerprint density at radius 1 is 1.62 bits per heavy atom. The van der Waals surface area contributed by atoms with Gasteiger partial charge in [-0.1, -0.05) is 17.7 Å². The van der Waals surface area contributed by atoms with Crippen molar-refractivity contribution in [3.63, 3.8) is 0 Å². The molecule has 0 heterocycles. The lowest BCUT2D eigenvalue weighted by atomic mass is 10.1. The molecule has 0 aliphatic carbocycles. The monoisotopic (exact) mass is 262 g/mol. The first-order valence-corrected chi connectivity index (χ1v) is 5.14. The molecule has 0 atom stereocenters. The van der Waals surface area contributed by atoms with Gasteiger partial charge in [-0.05, 0) is 40.5 Å². The molecule has 0 nitrogen and oxygen atoms in total. The third-order valence-electron chi connectivity index (χ3n) is 1.57. The fourth-order valence-electron chi connectivity index (χ4n) is 0.925. The Morgan fingerprint density at radius 2 is 2.31 bits per heavy atom. The predicted molar refractivity (Wildman–Crippen MR) is 58.5 cm³/mol. The first-order valence-electron chi connectivity index (χ1n) is 3.81. The van der Waals surface area contributed by atoms with Gasteiger partial charge in [0.15, 0.2) is 0 Å². The topological polar surface area (TPSA) is 0 Å². The van der Waals surface area contributed by atoms with E-state index in [0.29, 0.717) is 10.4 Å². The molecule has 1 rings (SSSR count). The van der Waals surface area contributed by atoms with E-state index in [4.69, 9.17) is 11.6 Å². The van der Waals surface area contributed by atoms with Crippen LogP contribution in [0.3, 0.4) is 0 Å². The highest BCUT2D eigenvalue weighted by atomic mass is 79.9. The Hall–Kier alpha value is -0.340. The predicted octanol–water partition coefficient (Wildman–Crippen LogP) is 4.23. The number of rotatable bonds is 2. The van der Waals surface area contributed by atoms with Gasteiger partial charge in [-0.2, -0.15) is 0 Å². The lowest BCUT2D eigenvalue weighted by Crippen LogP contribution is -1.81. The fraction of sp³-hybridized carbons (Fsp3) is 0.200. The summed E-state index contributed by atoms with van der Waals surface area (Å²) in [5.41, 5.74) is 1.85. The van der Waals surface area contributed by atoms with Crippen LogP contribution in [-0.4, -0.2) is 5.88 Å². The minimum Gasteiger partial charge on any atom is -0.206 e. The average molecular weight is 264 g/mol. The molecule has 1 aromatic carbocycles. The van der Waals surface area contributed by atoms with Crippen LogP contribution < -0.4 is 0 Å². The number of benzene rings is 1. The molecule has 0 saturated heterocycles. The zero-order valence-electron chi connectivity index (χ0n) is 7.15.